The summed E-state index contributed by atoms with van der Waals surface area (Å²) in [4.78, 5) is 12.3. The van der Waals surface area contributed by atoms with Crippen molar-refractivity contribution in [2.75, 3.05) is 31.8 Å². The second-order valence-corrected chi connectivity index (χ2v) is 9.03. The lowest BCUT2D eigenvalue weighted by Crippen LogP contribution is -2.22. The van der Waals surface area contributed by atoms with E-state index < -0.39 is 10.0 Å². The molecular formula is C19H24N2O4S2. The molecule has 0 saturated heterocycles. The quantitative estimate of drug-likeness (QED) is 0.690. The molecule has 6 nitrogen and oxygen atoms in total. The Balaban J connectivity index is 1.93. The summed E-state index contributed by atoms with van der Waals surface area (Å²) in [5.74, 6) is 1.55. The van der Waals surface area contributed by atoms with Crippen LogP contribution in [0.3, 0.4) is 0 Å². The molecular weight excluding hydrogens is 384 g/mol. The number of ether oxygens (including phenoxy) is 1. The molecule has 2 aromatic carbocycles. The second kappa shape index (κ2) is 9.77. The molecule has 0 saturated carbocycles. The molecule has 0 atom stereocenters. The summed E-state index contributed by atoms with van der Waals surface area (Å²) >= 11 is 1.47. The number of sulfonamides is 1. The van der Waals surface area contributed by atoms with Gasteiger partial charge in [-0.3, -0.25) is 4.79 Å². The number of benzene rings is 2. The summed E-state index contributed by atoms with van der Waals surface area (Å²) in [6, 6.07) is 14.0. The fraction of sp³-hybridized carbons (Fsp3) is 0.316. The van der Waals surface area contributed by atoms with Gasteiger partial charge in [0.15, 0.2) is 0 Å². The summed E-state index contributed by atoms with van der Waals surface area (Å²) in [5, 5.41) is 2.75. The van der Waals surface area contributed by atoms with Gasteiger partial charge >= 0.3 is 0 Å². The van der Waals surface area contributed by atoms with E-state index in [1.807, 2.05) is 31.2 Å². The fourth-order valence-corrected chi connectivity index (χ4v) is 4.08. The summed E-state index contributed by atoms with van der Waals surface area (Å²) in [6.45, 7) is 2.52. The Morgan fingerprint density at radius 2 is 1.89 bits per heavy atom. The minimum atomic E-state index is -3.54. The zero-order valence-corrected chi connectivity index (χ0v) is 17.3. The van der Waals surface area contributed by atoms with Gasteiger partial charge in [-0.15, -0.1) is 11.8 Å². The van der Waals surface area contributed by atoms with E-state index in [1.165, 1.54) is 38.0 Å². The van der Waals surface area contributed by atoms with Crippen LogP contribution in [-0.4, -0.2) is 45.1 Å². The Bertz CT molecular complexity index is 883. The van der Waals surface area contributed by atoms with Crippen LogP contribution in [0.1, 0.15) is 12.5 Å². The molecule has 0 heterocycles. The van der Waals surface area contributed by atoms with Gasteiger partial charge < -0.3 is 10.1 Å². The van der Waals surface area contributed by atoms with E-state index in [9.17, 15) is 13.2 Å². The van der Waals surface area contributed by atoms with Gasteiger partial charge in [0.05, 0.1) is 17.3 Å². The minimum Gasteiger partial charge on any atom is -0.494 e. The van der Waals surface area contributed by atoms with E-state index in [4.69, 9.17) is 4.74 Å². The molecule has 0 aliphatic heterocycles. The summed E-state index contributed by atoms with van der Waals surface area (Å²) in [7, 11) is -0.596. The molecule has 0 bridgehead atoms. The summed E-state index contributed by atoms with van der Waals surface area (Å²) in [6.07, 6.45) is 0. The van der Waals surface area contributed by atoms with E-state index in [0.717, 1.165) is 15.6 Å². The number of anilines is 1. The molecule has 0 spiro atoms. The lowest BCUT2D eigenvalue weighted by Gasteiger charge is -2.13. The van der Waals surface area contributed by atoms with Crippen molar-refractivity contribution < 1.29 is 17.9 Å². The van der Waals surface area contributed by atoms with Gasteiger partial charge in [-0.1, -0.05) is 24.3 Å². The highest BCUT2D eigenvalue weighted by molar-refractivity contribution is 7.99. The monoisotopic (exact) mass is 408 g/mol. The number of hydrogen-bond donors (Lipinski definition) is 1. The van der Waals surface area contributed by atoms with Crippen molar-refractivity contribution in [3.63, 3.8) is 0 Å². The lowest BCUT2D eigenvalue weighted by atomic mass is 10.2. The first-order valence-corrected chi connectivity index (χ1v) is 11.0. The first kappa shape index (κ1) is 21.3. The number of carbonyl (C=O) groups excluding carboxylic acids is 1. The van der Waals surface area contributed by atoms with Gasteiger partial charge in [-0.2, -0.15) is 0 Å². The number of para-hydroxylation sites is 1. The minimum absolute atomic E-state index is 0.142. The summed E-state index contributed by atoms with van der Waals surface area (Å²) in [5.41, 5.74) is 1.49. The van der Waals surface area contributed by atoms with Crippen molar-refractivity contribution in [1.82, 2.24) is 4.31 Å². The molecule has 146 valence electrons. The molecule has 0 fully saturated rings. The number of nitrogens with zero attached hydrogens (tertiary/aromatic N) is 1. The van der Waals surface area contributed by atoms with Crippen LogP contribution in [-0.2, 0) is 20.6 Å². The lowest BCUT2D eigenvalue weighted by molar-refractivity contribution is -0.113. The first-order valence-electron chi connectivity index (χ1n) is 8.45. The molecule has 8 heteroatoms. The van der Waals surface area contributed by atoms with Crippen LogP contribution in [0, 0.1) is 0 Å². The van der Waals surface area contributed by atoms with Gasteiger partial charge in [0.25, 0.3) is 0 Å². The van der Waals surface area contributed by atoms with Crippen molar-refractivity contribution in [2.24, 2.45) is 0 Å². The third-order valence-electron chi connectivity index (χ3n) is 3.66. The van der Waals surface area contributed by atoms with Crippen LogP contribution in [0.4, 0.5) is 5.69 Å². The highest BCUT2D eigenvalue weighted by Gasteiger charge is 2.17. The highest BCUT2D eigenvalue weighted by atomic mass is 32.2. The molecule has 27 heavy (non-hydrogen) atoms. The third-order valence-corrected chi connectivity index (χ3v) is 6.45. The molecule has 0 unspecified atom stereocenters. The van der Waals surface area contributed by atoms with Crippen LogP contribution < -0.4 is 10.1 Å². The molecule has 2 rings (SSSR count). The third kappa shape index (κ3) is 5.98. The largest absolute Gasteiger partial charge is 0.494 e. The van der Waals surface area contributed by atoms with Crippen LogP contribution >= 0.6 is 11.8 Å². The topological polar surface area (TPSA) is 75.7 Å². The maximum Gasteiger partial charge on any atom is 0.242 e. The maximum atomic E-state index is 12.2. The predicted molar refractivity (Wildman–Crippen MR) is 110 cm³/mol. The summed E-state index contributed by atoms with van der Waals surface area (Å²) < 4.78 is 31.1. The van der Waals surface area contributed by atoms with E-state index in [-0.39, 0.29) is 16.6 Å². The molecule has 0 radical (unpaired) electrons. The van der Waals surface area contributed by atoms with Crippen LogP contribution in [0.5, 0.6) is 5.75 Å². The maximum absolute atomic E-state index is 12.2. The Hall–Kier alpha value is -2.03. The number of nitrogens with one attached hydrogen (secondary N) is 1. The zero-order chi connectivity index (χ0) is 19.9. The van der Waals surface area contributed by atoms with E-state index >= 15 is 0 Å². The van der Waals surface area contributed by atoms with Crippen molar-refractivity contribution in [1.29, 1.82) is 0 Å². The fourth-order valence-electron chi connectivity index (χ4n) is 2.32. The zero-order valence-electron chi connectivity index (χ0n) is 15.6. The first-order chi connectivity index (χ1) is 12.8. The van der Waals surface area contributed by atoms with Gasteiger partial charge in [-0.25, -0.2) is 12.7 Å². The van der Waals surface area contributed by atoms with Gasteiger partial charge in [0, 0.05) is 31.1 Å². The van der Waals surface area contributed by atoms with Crippen molar-refractivity contribution in [3.8, 4) is 5.75 Å². The molecule has 0 aliphatic rings. The highest BCUT2D eigenvalue weighted by Crippen LogP contribution is 2.23. The molecule has 2 aromatic rings. The van der Waals surface area contributed by atoms with Gasteiger partial charge in [-0.05, 0) is 31.2 Å². The Morgan fingerprint density at radius 3 is 2.59 bits per heavy atom. The molecule has 0 aromatic heterocycles. The number of thioether (sulfide) groups is 1. The average molecular weight is 409 g/mol. The van der Waals surface area contributed by atoms with Crippen molar-refractivity contribution in [3.05, 3.63) is 54.1 Å². The number of hydrogen-bond acceptors (Lipinski definition) is 5. The Labute approximate surface area is 165 Å². The van der Waals surface area contributed by atoms with E-state index in [2.05, 4.69) is 5.32 Å². The van der Waals surface area contributed by atoms with E-state index in [0.29, 0.717) is 18.0 Å². The van der Waals surface area contributed by atoms with Gasteiger partial charge in [0.2, 0.25) is 15.9 Å². The number of rotatable bonds is 9. The molecule has 1 N–H and O–H groups in total. The SMILES string of the molecule is CCOc1ccccc1CSCC(=O)Nc1cccc(S(=O)(=O)N(C)C)c1. The second-order valence-electron chi connectivity index (χ2n) is 5.90. The van der Waals surface area contributed by atoms with Crippen LogP contribution in [0.15, 0.2) is 53.4 Å². The standard InChI is InChI=1S/C19H24N2O4S2/c1-4-25-18-11-6-5-8-15(18)13-26-14-19(22)20-16-9-7-10-17(12-16)27(23,24)21(2)3/h5-12H,4,13-14H2,1-3H3,(H,20,22). The Kier molecular flexibility index (Phi) is 7.70. The molecule has 0 aliphatic carbocycles. The van der Waals surface area contributed by atoms with Crippen LogP contribution in [0.25, 0.3) is 0 Å². The van der Waals surface area contributed by atoms with Crippen molar-refractivity contribution >= 4 is 33.4 Å². The van der Waals surface area contributed by atoms with Crippen LogP contribution in [0.2, 0.25) is 0 Å². The Morgan fingerprint density at radius 1 is 1.15 bits per heavy atom. The smallest absolute Gasteiger partial charge is 0.242 e. The number of carbonyl (C=O) groups is 1. The normalized spacial score (nSPS) is 11.4. The average Bonchev–Trinajstić information content (AvgIpc) is 2.63. The van der Waals surface area contributed by atoms with Gasteiger partial charge in [0.1, 0.15) is 5.75 Å². The van der Waals surface area contributed by atoms with Crippen molar-refractivity contribution in [2.45, 2.75) is 17.6 Å². The molecule has 1 amide bonds. The predicted octanol–water partition coefficient (Wildman–Crippen LogP) is 3.21. The van der Waals surface area contributed by atoms with E-state index in [1.54, 1.807) is 12.1 Å². The number of amides is 1.